The molecule has 17 heavy (non-hydrogen) atoms. The van der Waals surface area contributed by atoms with Gasteiger partial charge in [-0.05, 0) is 25.2 Å². The molecule has 0 saturated heterocycles. The zero-order chi connectivity index (χ0) is 12.9. The molecule has 0 aliphatic carbocycles. The lowest BCUT2D eigenvalue weighted by Crippen LogP contribution is -2.06. The predicted molar refractivity (Wildman–Crippen MR) is 57.6 cm³/mol. The summed E-state index contributed by atoms with van der Waals surface area (Å²) in [5.41, 5.74) is -0.566. The fourth-order valence-electron chi connectivity index (χ4n) is 1.17. The molecule has 2 nitrogen and oxygen atoms in total. The van der Waals surface area contributed by atoms with Crippen LogP contribution in [0.2, 0.25) is 0 Å². The van der Waals surface area contributed by atoms with Crippen LogP contribution < -0.4 is 5.32 Å². The van der Waals surface area contributed by atoms with Crippen LogP contribution in [0.4, 0.5) is 13.2 Å². The highest BCUT2D eigenvalue weighted by atomic mass is 19.4. The van der Waals surface area contributed by atoms with Crippen molar-refractivity contribution in [3.8, 4) is 11.8 Å². The Morgan fingerprint density at radius 2 is 2.12 bits per heavy atom. The molecule has 90 valence electrons. The molecule has 1 rings (SSSR count). The average Bonchev–Trinajstić information content (AvgIpc) is 2.28. The zero-order valence-electron chi connectivity index (χ0n) is 9.06. The first-order valence-electron chi connectivity index (χ1n) is 4.79. The maximum atomic E-state index is 12.4. The van der Waals surface area contributed by atoms with Crippen LogP contribution in [-0.4, -0.2) is 19.9 Å². The minimum atomic E-state index is -4.43. The summed E-state index contributed by atoms with van der Waals surface area (Å²) >= 11 is 0. The molecule has 0 aliphatic heterocycles. The van der Waals surface area contributed by atoms with Crippen molar-refractivity contribution in [1.82, 2.24) is 5.32 Å². The van der Waals surface area contributed by atoms with Gasteiger partial charge in [0.2, 0.25) is 0 Å². The quantitative estimate of drug-likeness (QED) is 0.634. The molecule has 0 spiro atoms. The van der Waals surface area contributed by atoms with Crippen LogP contribution in [0.1, 0.15) is 21.5 Å². The monoisotopic (exact) mass is 241 g/mol. The number of carbonyl (C=O) groups is 1. The lowest BCUT2D eigenvalue weighted by atomic mass is 10.0. The molecule has 0 saturated carbocycles. The number of halogens is 3. The van der Waals surface area contributed by atoms with E-state index in [1.54, 1.807) is 7.05 Å². The summed E-state index contributed by atoms with van der Waals surface area (Å²) in [6, 6.07) is 2.87. The van der Waals surface area contributed by atoms with Crippen molar-refractivity contribution in [2.24, 2.45) is 0 Å². The Hall–Kier alpha value is -1.80. The topological polar surface area (TPSA) is 29.1 Å². The smallest absolute Gasteiger partial charge is 0.309 e. The van der Waals surface area contributed by atoms with Crippen LogP contribution in [0.25, 0.3) is 0 Å². The third-order valence-electron chi connectivity index (χ3n) is 2.00. The van der Waals surface area contributed by atoms with Crippen molar-refractivity contribution < 1.29 is 18.0 Å². The predicted octanol–water partition coefficient (Wildman–Crippen LogP) is 2.09. The van der Waals surface area contributed by atoms with Crippen LogP contribution in [0.15, 0.2) is 18.2 Å². The van der Waals surface area contributed by atoms with Crippen molar-refractivity contribution in [1.29, 1.82) is 0 Å². The summed E-state index contributed by atoms with van der Waals surface area (Å²) in [4.78, 5) is 10.7. The van der Waals surface area contributed by atoms with Crippen molar-refractivity contribution >= 4 is 6.29 Å². The summed E-state index contributed by atoms with van der Waals surface area (Å²) in [5, 5.41) is 2.74. The highest BCUT2D eigenvalue weighted by Gasteiger charge is 2.30. The second-order valence-corrected chi connectivity index (χ2v) is 3.25. The summed E-state index contributed by atoms with van der Waals surface area (Å²) in [6.07, 6.45) is -3.94. The van der Waals surface area contributed by atoms with Gasteiger partial charge in [-0.15, -0.1) is 0 Å². The molecule has 0 aromatic heterocycles. The van der Waals surface area contributed by atoms with Crippen molar-refractivity contribution in [2.45, 2.75) is 6.18 Å². The molecule has 0 radical (unpaired) electrons. The molecule has 0 fully saturated rings. The normalized spacial score (nSPS) is 10.6. The van der Waals surface area contributed by atoms with Gasteiger partial charge in [-0.1, -0.05) is 11.8 Å². The van der Waals surface area contributed by atoms with Gasteiger partial charge in [0.15, 0.2) is 6.29 Å². The van der Waals surface area contributed by atoms with E-state index in [1.165, 1.54) is 0 Å². The van der Waals surface area contributed by atoms with Crippen LogP contribution in [0.5, 0.6) is 0 Å². The molecular weight excluding hydrogens is 231 g/mol. The lowest BCUT2D eigenvalue weighted by Gasteiger charge is -2.07. The number of hydrogen-bond donors (Lipinski definition) is 1. The molecule has 1 N–H and O–H groups in total. The van der Waals surface area contributed by atoms with Crippen LogP contribution in [-0.2, 0) is 6.18 Å². The largest absolute Gasteiger partial charge is 0.416 e. The average molecular weight is 241 g/mol. The molecular formula is C12H10F3NO. The van der Waals surface area contributed by atoms with Crippen LogP contribution in [0.3, 0.4) is 0 Å². The van der Waals surface area contributed by atoms with Gasteiger partial charge in [0.1, 0.15) is 0 Å². The third kappa shape index (κ3) is 3.61. The van der Waals surface area contributed by atoms with Gasteiger partial charge in [-0.2, -0.15) is 13.2 Å². The second-order valence-electron chi connectivity index (χ2n) is 3.25. The van der Waals surface area contributed by atoms with Crippen molar-refractivity contribution in [2.75, 3.05) is 13.6 Å². The van der Waals surface area contributed by atoms with Gasteiger partial charge in [-0.25, -0.2) is 0 Å². The van der Waals surface area contributed by atoms with E-state index in [9.17, 15) is 18.0 Å². The fourth-order valence-corrected chi connectivity index (χ4v) is 1.17. The number of hydrogen-bond acceptors (Lipinski definition) is 2. The molecule has 0 atom stereocenters. The number of aldehydes is 1. The number of benzene rings is 1. The van der Waals surface area contributed by atoms with Gasteiger partial charge in [-0.3, -0.25) is 4.79 Å². The Morgan fingerprint density at radius 1 is 1.41 bits per heavy atom. The number of rotatable bonds is 2. The number of nitrogens with one attached hydrogen (secondary N) is 1. The Bertz CT molecular complexity index is 469. The maximum absolute atomic E-state index is 12.4. The van der Waals surface area contributed by atoms with E-state index in [0.717, 1.165) is 18.2 Å². The van der Waals surface area contributed by atoms with Crippen molar-refractivity contribution in [3.05, 3.63) is 34.9 Å². The third-order valence-corrected chi connectivity index (χ3v) is 2.00. The maximum Gasteiger partial charge on any atom is 0.416 e. The molecule has 1 aromatic rings. The summed E-state index contributed by atoms with van der Waals surface area (Å²) in [7, 11) is 1.67. The molecule has 0 heterocycles. The van der Waals surface area contributed by atoms with E-state index in [1.807, 2.05) is 0 Å². The van der Waals surface area contributed by atoms with Gasteiger partial charge >= 0.3 is 6.18 Å². The standard InChI is InChI=1S/C12H10F3NO/c1-16-6-2-3-9-7-11(12(13,14)15)5-4-10(9)8-17/h4-5,7-8,16H,6H2,1H3. The van der Waals surface area contributed by atoms with Gasteiger partial charge < -0.3 is 5.32 Å². The Morgan fingerprint density at radius 3 is 2.65 bits per heavy atom. The van der Waals surface area contributed by atoms with E-state index < -0.39 is 11.7 Å². The lowest BCUT2D eigenvalue weighted by molar-refractivity contribution is -0.137. The van der Waals surface area contributed by atoms with Crippen LogP contribution >= 0.6 is 0 Å². The molecule has 1 aromatic carbocycles. The first-order valence-corrected chi connectivity index (χ1v) is 4.79. The molecule has 5 heteroatoms. The van der Waals surface area contributed by atoms with E-state index in [-0.39, 0.29) is 11.1 Å². The number of carbonyl (C=O) groups excluding carboxylic acids is 1. The van der Waals surface area contributed by atoms with E-state index in [0.29, 0.717) is 12.8 Å². The Labute approximate surface area is 96.8 Å². The second kappa shape index (κ2) is 5.51. The van der Waals surface area contributed by atoms with Gasteiger partial charge in [0.05, 0.1) is 12.1 Å². The summed E-state index contributed by atoms with van der Waals surface area (Å²) < 4.78 is 37.3. The van der Waals surface area contributed by atoms with E-state index in [4.69, 9.17) is 0 Å². The molecule has 0 bridgehead atoms. The van der Waals surface area contributed by atoms with Gasteiger partial charge in [0.25, 0.3) is 0 Å². The summed E-state index contributed by atoms with van der Waals surface area (Å²) in [6.45, 7) is 0.342. The highest BCUT2D eigenvalue weighted by Crippen LogP contribution is 2.30. The first-order chi connectivity index (χ1) is 7.99. The molecule has 0 amide bonds. The Kier molecular flexibility index (Phi) is 4.30. The van der Waals surface area contributed by atoms with Crippen molar-refractivity contribution in [3.63, 3.8) is 0 Å². The zero-order valence-corrected chi connectivity index (χ0v) is 9.06. The minimum Gasteiger partial charge on any atom is -0.309 e. The van der Waals surface area contributed by atoms with E-state index >= 15 is 0 Å². The first kappa shape index (κ1) is 13.3. The molecule has 0 aliphatic rings. The summed E-state index contributed by atoms with van der Waals surface area (Å²) in [5.74, 6) is 5.15. The Balaban J connectivity index is 3.17. The fraction of sp³-hybridized carbons (Fsp3) is 0.250. The van der Waals surface area contributed by atoms with E-state index in [2.05, 4.69) is 17.2 Å². The number of alkyl halides is 3. The highest BCUT2D eigenvalue weighted by molar-refractivity contribution is 5.79. The minimum absolute atomic E-state index is 0.0880. The van der Waals surface area contributed by atoms with Crippen LogP contribution in [0, 0.1) is 11.8 Å². The van der Waals surface area contributed by atoms with Gasteiger partial charge in [0, 0.05) is 11.1 Å². The SMILES string of the molecule is CNCC#Cc1cc(C(F)(F)F)ccc1C=O. The molecule has 0 unspecified atom stereocenters.